The summed E-state index contributed by atoms with van der Waals surface area (Å²) in [5, 5.41) is 5.18. The van der Waals surface area contributed by atoms with Crippen LogP contribution < -0.4 is 5.69 Å². The average molecular weight is 370 g/mol. The van der Waals surface area contributed by atoms with Crippen LogP contribution in [-0.2, 0) is 6.54 Å². The first-order valence-corrected chi connectivity index (χ1v) is 9.13. The zero-order chi connectivity index (χ0) is 17.9. The lowest BCUT2D eigenvalue weighted by Crippen LogP contribution is -2.34. The molecule has 1 aromatic carbocycles. The molecule has 0 radical (unpaired) electrons. The van der Waals surface area contributed by atoms with Gasteiger partial charge in [-0.3, -0.25) is 14.9 Å². The van der Waals surface area contributed by atoms with E-state index in [-0.39, 0.29) is 11.6 Å². The van der Waals surface area contributed by atoms with Gasteiger partial charge in [-0.05, 0) is 55.3 Å². The molecule has 6 nitrogen and oxygen atoms in total. The van der Waals surface area contributed by atoms with E-state index >= 15 is 0 Å². The van der Waals surface area contributed by atoms with Crippen LogP contribution in [0.25, 0.3) is 5.69 Å². The molecule has 2 aromatic heterocycles. The molecule has 1 aliphatic rings. The van der Waals surface area contributed by atoms with Gasteiger partial charge in [-0.25, -0.2) is 4.79 Å². The summed E-state index contributed by atoms with van der Waals surface area (Å²) in [7, 11) is 0. The summed E-state index contributed by atoms with van der Waals surface area (Å²) in [6, 6.07) is 11.2. The minimum absolute atomic E-state index is 0.216. The summed E-state index contributed by atoms with van der Waals surface area (Å²) in [5.41, 5.74) is 1.70. The Labute approximate surface area is 156 Å². The molecule has 0 bridgehead atoms. The maximum Gasteiger partial charge on any atom is 0.348 e. The van der Waals surface area contributed by atoms with Crippen LogP contribution in [0, 0.1) is 0 Å². The number of hydrogen-bond acceptors (Lipinski definition) is 4. The Morgan fingerprint density at radius 3 is 2.85 bits per heavy atom. The minimum Gasteiger partial charge on any atom is -0.298 e. The maximum absolute atomic E-state index is 12.3. The van der Waals surface area contributed by atoms with Crippen molar-refractivity contribution in [2.24, 2.45) is 0 Å². The number of aromatic amines is 1. The number of pyridine rings is 1. The molecule has 26 heavy (non-hydrogen) atoms. The van der Waals surface area contributed by atoms with Crippen LogP contribution in [0.4, 0.5) is 0 Å². The molecule has 0 amide bonds. The third-order valence-electron chi connectivity index (χ3n) is 4.73. The second-order valence-corrected chi connectivity index (χ2v) is 7.08. The second-order valence-electron chi connectivity index (χ2n) is 6.64. The summed E-state index contributed by atoms with van der Waals surface area (Å²) < 4.78 is 1.41. The van der Waals surface area contributed by atoms with Crippen LogP contribution in [-0.4, -0.2) is 37.7 Å². The van der Waals surface area contributed by atoms with Crippen molar-refractivity contribution < 1.29 is 0 Å². The van der Waals surface area contributed by atoms with Crippen LogP contribution in [0.3, 0.4) is 0 Å². The molecule has 1 unspecified atom stereocenters. The van der Waals surface area contributed by atoms with Gasteiger partial charge in [0, 0.05) is 36.4 Å². The van der Waals surface area contributed by atoms with Gasteiger partial charge >= 0.3 is 5.69 Å². The Bertz CT molecular complexity index is 919. The van der Waals surface area contributed by atoms with E-state index in [1.807, 2.05) is 12.3 Å². The molecule has 1 N–H and O–H groups in total. The van der Waals surface area contributed by atoms with E-state index in [0.29, 0.717) is 10.7 Å². The van der Waals surface area contributed by atoms with E-state index in [4.69, 9.17) is 11.6 Å². The lowest BCUT2D eigenvalue weighted by atomic mass is 9.97. The molecule has 4 rings (SSSR count). The fourth-order valence-electron chi connectivity index (χ4n) is 3.45. The van der Waals surface area contributed by atoms with Crippen molar-refractivity contribution in [3.05, 3.63) is 75.7 Å². The van der Waals surface area contributed by atoms with E-state index in [9.17, 15) is 4.79 Å². The number of nitrogens with one attached hydrogen (secondary N) is 1. The van der Waals surface area contributed by atoms with Crippen molar-refractivity contribution in [2.45, 2.75) is 25.3 Å². The van der Waals surface area contributed by atoms with Gasteiger partial charge in [0.15, 0.2) is 0 Å². The molecular weight excluding hydrogens is 350 g/mol. The van der Waals surface area contributed by atoms with Gasteiger partial charge in [0.05, 0.1) is 5.69 Å². The highest BCUT2D eigenvalue weighted by molar-refractivity contribution is 6.30. The predicted molar refractivity (Wildman–Crippen MR) is 101 cm³/mol. The number of rotatable bonds is 4. The van der Waals surface area contributed by atoms with Gasteiger partial charge < -0.3 is 0 Å². The number of H-pyrrole nitrogens is 1. The topological polar surface area (TPSA) is 66.8 Å². The zero-order valence-corrected chi connectivity index (χ0v) is 15.1. The number of piperidine rings is 1. The van der Waals surface area contributed by atoms with Gasteiger partial charge in [-0.15, -0.1) is 5.10 Å². The first kappa shape index (κ1) is 17.0. The molecule has 1 fully saturated rings. The molecule has 0 aliphatic carbocycles. The predicted octanol–water partition coefficient (Wildman–Crippen LogP) is 2.99. The van der Waals surface area contributed by atoms with Gasteiger partial charge in [0.25, 0.3) is 0 Å². The van der Waals surface area contributed by atoms with Crippen molar-refractivity contribution in [2.75, 3.05) is 13.1 Å². The van der Waals surface area contributed by atoms with Crippen molar-refractivity contribution >= 4 is 11.6 Å². The van der Waals surface area contributed by atoms with Crippen molar-refractivity contribution in [1.82, 2.24) is 24.6 Å². The molecule has 3 heterocycles. The lowest BCUT2D eigenvalue weighted by molar-refractivity contribution is 0.196. The van der Waals surface area contributed by atoms with Gasteiger partial charge in [-0.2, -0.15) is 4.68 Å². The summed E-state index contributed by atoms with van der Waals surface area (Å²) in [6.07, 6.45) is 5.80. The fraction of sp³-hybridized carbons (Fsp3) is 0.316. The number of halogens is 1. The van der Waals surface area contributed by atoms with Gasteiger partial charge in [0.1, 0.15) is 5.82 Å². The third kappa shape index (κ3) is 3.71. The van der Waals surface area contributed by atoms with Crippen LogP contribution in [0.2, 0.25) is 5.02 Å². The Balaban J connectivity index is 1.51. The standard InChI is InChI=1S/C19H20ClN5O/c20-16-5-7-17(8-6-16)25-19(26)22-18(23-25)15-4-2-10-24(13-15)12-14-3-1-9-21-11-14/h1,3,5-9,11,15H,2,4,10,12-13H2,(H,22,23,26). The molecule has 0 spiro atoms. The van der Waals surface area contributed by atoms with Crippen LogP contribution in [0.1, 0.15) is 30.1 Å². The Hall–Kier alpha value is -2.44. The Morgan fingerprint density at radius 1 is 1.23 bits per heavy atom. The number of aromatic nitrogens is 4. The van der Waals surface area contributed by atoms with Crippen molar-refractivity contribution in [3.63, 3.8) is 0 Å². The zero-order valence-electron chi connectivity index (χ0n) is 14.3. The van der Waals surface area contributed by atoms with E-state index in [1.165, 1.54) is 10.2 Å². The van der Waals surface area contributed by atoms with Gasteiger partial charge in [-0.1, -0.05) is 17.7 Å². The van der Waals surface area contributed by atoms with Gasteiger partial charge in [0.2, 0.25) is 0 Å². The molecule has 1 saturated heterocycles. The van der Waals surface area contributed by atoms with Crippen LogP contribution in [0.15, 0.2) is 53.6 Å². The summed E-state index contributed by atoms with van der Waals surface area (Å²) in [6.45, 7) is 2.79. The summed E-state index contributed by atoms with van der Waals surface area (Å²) in [4.78, 5) is 21.8. The average Bonchev–Trinajstić information content (AvgIpc) is 3.05. The maximum atomic E-state index is 12.3. The molecule has 1 aliphatic heterocycles. The lowest BCUT2D eigenvalue weighted by Gasteiger charge is -2.31. The first-order chi connectivity index (χ1) is 12.7. The molecule has 1 atom stereocenters. The number of hydrogen-bond donors (Lipinski definition) is 1. The highest BCUT2D eigenvalue weighted by Crippen LogP contribution is 2.25. The highest BCUT2D eigenvalue weighted by atomic mass is 35.5. The number of likely N-dealkylation sites (tertiary alicyclic amines) is 1. The number of benzene rings is 1. The molecule has 7 heteroatoms. The molecular formula is C19H20ClN5O. The quantitative estimate of drug-likeness (QED) is 0.767. The summed E-state index contributed by atoms with van der Waals surface area (Å²) in [5.74, 6) is 0.975. The Morgan fingerprint density at radius 2 is 2.08 bits per heavy atom. The fourth-order valence-corrected chi connectivity index (χ4v) is 3.58. The van der Waals surface area contributed by atoms with Crippen molar-refractivity contribution in [3.8, 4) is 5.69 Å². The van der Waals surface area contributed by atoms with Crippen molar-refractivity contribution in [1.29, 1.82) is 0 Å². The largest absolute Gasteiger partial charge is 0.348 e. The summed E-state index contributed by atoms with van der Waals surface area (Å²) >= 11 is 5.92. The van der Waals surface area contributed by atoms with Crippen LogP contribution >= 0.6 is 11.6 Å². The smallest absolute Gasteiger partial charge is 0.298 e. The van der Waals surface area contributed by atoms with E-state index < -0.39 is 0 Å². The highest BCUT2D eigenvalue weighted by Gasteiger charge is 2.25. The van der Waals surface area contributed by atoms with E-state index in [0.717, 1.165) is 38.3 Å². The van der Waals surface area contributed by atoms with E-state index in [2.05, 4.69) is 26.0 Å². The second kappa shape index (κ2) is 7.43. The minimum atomic E-state index is -0.216. The normalized spacial score (nSPS) is 18.1. The molecule has 134 valence electrons. The first-order valence-electron chi connectivity index (χ1n) is 8.75. The Kier molecular flexibility index (Phi) is 4.86. The van der Waals surface area contributed by atoms with E-state index in [1.54, 1.807) is 30.5 Å². The molecule has 3 aromatic rings. The molecule has 0 saturated carbocycles. The number of nitrogens with zero attached hydrogens (tertiary/aromatic N) is 4. The van der Waals surface area contributed by atoms with Crippen LogP contribution in [0.5, 0.6) is 0 Å². The third-order valence-corrected chi connectivity index (χ3v) is 4.98. The SMILES string of the molecule is O=c1[nH]c(C2CCCN(Cc3cccnc3)C2)nn1-c1ccc(Cl)cc1. The monoisotopic (exact) mass is 369 g/mol.